The molecule has 0 bridgehead atoms. The Labute approximate surface area is 202 Å². The minimum atomic E-state index is -1.86. The summed E-state index contributed by atoms with van der Waals surface area (Å²) in [5, 5.41) is 4.71. The predicted molar refractivity (Wildman–Crippen MR) is 129 cm³/mol. The molecule has 0 saturated heterocycles. The van der Waals surface area contributed by atoms with Crippen molar-refractivity contribution in [3.8, 4) is 5.75 Å². The molecule has 32 heavy (non-hydrogen) atoms. The monoisotopic (exact) mass is 498 g/mol. The Balaban J connectivity index is 2.12. The smallest absolute Gasteiger partial charge is 0.408 e. The zero-order valence-electron chi connectivity index (χ0n) is 18.0. The van der Waals surface area contributed by atoms with Gasteiger partial charge in [-0.3, -0.25) is 0 Å². The van der Waals surface area contributed by atoms with Crippen LogP contribution in [-0.2, 0) is 9.47 Å². The fraction of sp³-hybridized carbons (Fsp3) is 0.391. The highest BCUT2D eigenvalue weighted by molar-refractivity contribution is 6.76. The molecule has 6 nitrogen and oxygen atoms in total. The molecule has 2 aromatic rings. The summed E-state index contributed by atoms with van der Waals surface area (Å²) >= 11 is 18.2. The van der Waals surface area contributed by atoms with E-state index in [0.29, 0.717) is 12.4 Å². The number of aliphatic imine (C=N–C) groups is 1. The van der Waals surface area contributed by atoms with Gasteiger partial charge in [0.05, 0.1) is 6.04 Å². The van der Waals surface area contributed by atoms with Gasteiger partial charge < -0.3 is 19.5 Å². The largest absolute Gasteiger partial charge is 0.489 e. The van der Waals surface area contributed by atoms with Crippen molar-refractivity contribution in [3.05, 3.63) is 54.6 Å². The lowest BCUT2D eigenvalue weighted by Gasteiger charge is -2.34. The summed E-state index contributed by atoms with van der Waals surface area (Å²) in [7, 11) is 0. The van der Waals surface area contributed by atoms with Crippen LogP contribution in [0, 0.1) is 0 Å². The summed E-state index contributed by atoms with van der Waals surface area (Å²) in [5.74, 6) is 0.524. The molecule has 0 aromatic heterocycles. The summed E-state index contributed by atoms with van der Waals surface area (Å²) in [6, 6.07) is 10.3. The van der Waals surface area contributed by atoms with Gasteiger partial charge in [-0.1, -0.05) is 77.8 Å². The number of carbonyl (C=O) groups is 1. The molecule has 0 spiro atoms. The van der Waals surface area contributed by atoms with Crippen LogP contribution in [0.4, 0.5) is 4.79 Å². The molecule has 1 amide bonds. The highest BCUT2D eigenvalue weighted by Gasteiger charge is 2.40. The van der Waals surface area contributed by atoms with E-state index in [9.17, 15) is 4.79 Å². The first-order valence-electron chi connectivity index (χ1n) is 10.0. The Kier molecular flexibility index (Phi) is 7.48. The third-order valence-electron chi connectivity index (χ3n) is 4.56. The van der Waals surface area contributed by atoms with Crippen LogP contribution in [0.3, 0.4) is 0 Å². The molecule has 2 atom stereocenters. The van der Waals surface area contributed by atoms with E-state index >= 15 is 0 Å². The second-order valence-corrected chi connectivity index (χ2v) is 10.5. The van der Waals surface area contributed by atoms with Crippen LogP contribution < -0.4 is 10.1 Å². The van der Waals surface area contributed by atoms with Crippen LogP contribution >= 0.6 is 34.8 Å². The fourth-order valence-electron chi connectivity index (χ4n) is 3.37. The summed E-state index contributed by atoms with van der Waals surface area (Å²) in [5.41, 5.74) is 0.0692. The van der Waals surface area contributed by atoms with E-state index in [4.69, 9.17) is 49.0 Å². The van der Waals surface area contributed by atoms with Crippen molar-refractivity contribution >= 4 is 57.6 Å². The molecular weight excluding hydrogens is 475 g/mol. The number of halogens is 3. The topological polar surface area (TPSA) is 69.2 Å². The van der Waals surface area contributed by atoms with Crippen molar-refractivity contribution in [1.82, 2.24) is 5.32 Å². The van der Waals surface area contributed by atoms with Gasteiger partial charge in [-0.2, -0.15) is 0 Å². The number of alkyl carbamates (subject to hydrolysis) is 1. The molecule has 1 aliphatic heterocycles. The Morgan fingerprint density at radius 2 is 1.97 bits per heavy atom. The Bertz CT molecular complexity index is 1030. The summed E-state index contributed by atoms with van der Waals surface area (Å²) in [6.07, 6.45) is 1.05. The van der Waals surface area contributed by atoms with Crippen LogP contribution in [-0.4, -0.2) is 40.6 Å². The number of benzene rings is 2. The van der Waals surface area contributed by atoms with Crippen molar-refractivity contribution in [1.29, 1.82) is 0 Å². The van der Waals surface area contributed by atoms with E-state index < -0.39 is 27.6 Å². The first kappa shape index (κ1) is 24.5. The summed E-state index contributed by atoms with van der Waals surface area (Å²) in [6.45, 7) is 9.39. The highest BCUT2D eigenvalue weighted by Crippen LogP contribution is 2.41. The van der Waals surface area contributed by atoms with Gasteiger partial charge >= 0.3 is 6.09 Å². The number of rotatable bonds is 5. The number of amides is 1. The number of nitrogens with zero attached hydrogens (tertiary/aromatic N) is 1. The minimum Gasteiger partial charge on any atom is -0.489 e. The van der Waals surface area contributed by atoms with Crippen molar-refractivity contribution in [2.75, 3.05) is 13.2 Å². The molecule has 3 rings (SSSR count). The van der Waals surface area contributed by atoms with E-state index in [1.165, 1.54) is 0 Å². The van der Waals surface area contributed by atoms with E-state index in [1.54, 1.807) is 26.8 Å². The van der Waals surface area contributed by atoms with Gasteiger partial charge in [0, 0.05) is 5.56 Å². The zero-order valence-corrected chi connectivity index (χ0v) is 20.3. The van der Waals surface area contributed by atoms with Crippen LogP contribution in [0.2, 0.25) is 0 Å². The standard InChI is InChI=1S/C23H25Cl3N2O4/c1-5-12-30-17-11-10-14-8-6-7-9-15(14)18(17)19-16(27-21(29)32-22(2,3)4)13-31-20(28-19)23(24,25)26/h5-11,16,19H,1,12-13H2,2-4H3,(H,27,29)/t16-,19-/m1/s1. The van der Waals surface area contributed by atoms with Crippen molar-refractivity contribution in [3.63, 3.8) is 0 Å². The van der Waals surface area contributed by atoms with Gasteiger partial charge in [0.15, 0.2) is 0 Å². The second-order valence-electron chi connectivity index (χ2n) is 8.24. The first-order valence-corrected chi connectivity index (χ1v) is 11.2. The molecular formula is C23H25Cl3N2O4. The van der Waals surface area contributed by atoms with Gasteiger partial charge in [0.1, 0.15) is 30.6 Å². The van der Waals surface area contributed by atoms with Crippen molar-refractivity contribution < 1.29 is 19.0 Å². The van der Waals surface area contributed by atoms with Crippen molar-refractivity contribution in [2.24, 2.45) is 4.99 Å². The molecule has 9 heteroatoms. The van der Waals surface area contributed by atoms with Crippen LogP contribution in [0.25, 0.3) is 10.8 Å². The maximum Gasteiger partial charge on any atom is 0.408 e. The number of nitrogens with one attached hydrogen (secondary N) is 1. The third-order valence-corrected chi connectivity index (χ3v) is 5.05. The highest BCUT2D eigenvalue weighted by atomic mass is 35.6. The molecule has 1 aliphatic rings. The molecule has 172 valence electrons. The summed E-state index contributed by atoms with van der Waals surface area (Å²) in [4.78, 5) is 17.1. The third kappa shape index (κ3) is 6.00. The fourth-order valence-corrected chi connectivity index (χ4v) is 3.68. The van der Waals surface area contributed by atoms with Gasteiger partial charge in [-0.25, -0.2) is 9.79 Å². The second kappa shape index (κ2) is 9.77. The zero-order chi connectivity index (χ0) is 23.5. The first-order chi connectivity index (χ1) is 15.0. The van der Waals surface area contributed by atoms with Gasteiger partial charge in [0.2, 0.25) is 5.90 Å². The maximum absolute atomic E-state index is 12.5. The number of carbonyl (C=O) groups excluding carboxylic acids is 1. The number of hydrogen-bond donors (Lipinski definition) is 1. The lowest BCUT2D eigenvalue weighted by Crippen LogP contribution is -2.48. The minimum absolute atomic E-state index is 0.0285. The number of hydrogen-bond acceptors (Lipinski definition) is 5. The lowest BCUT2D eigenvalue weighted by molar-refractivity contribution is 0.0465. The van der Waals surface area contributed by atoms with Gasteiger partial charge in [-0.15, -0.1) is 0 Å². The molecule has 0 aliphatic carbocycles. The molecule has 0 radical (unpaired) electrons. The van der Waals surface area contributed by atoms with Gasteiger partial charge in [-0.05, 0) is 37.6 Å². The van der Waals surface area contributed by atoms with Crippen LogP contribution in [0.15, 0.2) is 54.0 Å². The average Bonchev–Trinajstić information content (AvgIpc) is 2.70. The molecule has 1 heterocycles. The Hall–Kier alpha value is -2.15. The number of fused-ring (bicyclic) bond motifs is 1. The van der Waals surface area contributed by atoms with E-state index in [0.717, 1.165) is 16.3 Å². The molecule has 1 N–H and O–H groups in total. The van der Waals surface area contributed by atoms with Gasteiger partial charge in [0.25, 0.3) is 3.79 Å². The van der Waals surface area contributed by atoms with E-state index in [1.807, 2.05) is 36.4 Å². The van der Waals surface area contributed by atoms with Crippen molar-refractivity contribution in [2.45, 2.75) is 42.2 Å². The quantitative estimate of drug-likeness (QED) is 0.396. The normalized spacial score (nSPS) is 19.0. The van der Waals surface area contributed by atoms with Crippen LogP contribution in [0.5, 0.6) is 5.75 Å². The van der Waals surface area contributed by atoms with Crippen LogP contribution in [0.1, 0.15) is 32.4 Å². The lowest BCUT2D eigenvalue weighted by atomic mass is 9.93. The van der Waals surface area contributed by atoms with E-state index in [-0.39, 0.29) is 12.5 Å². The predicted octanol–water partition coefficient (Wildman–Crippen LogP) is 6.14. The summed E-state index contributed by atoms with van der Waals surface area (Å²) < 4.78 is 15.1. The SMILES string of the molecule is C=CCOc1ccc2ccccc2c1[C@@H]1N=C(C(Cl)(Cl)Cl)OC[C@H]1NC(=O)OC(C)(C)C. The molecule has 2 aromatic carbocycles. The number of ether oxygens (including phenoxy) is 3. The molecule has 0 unspecified atom stereocenters. The molecule has 0 fully saturated rings. The number of alkyl halides is 3. The molecule has 0 saturated carbocycles. The Morgan fingerprint density at radius 3 is 2.62 bits per heavy atom. The average molecular weight is 500 g/mol. The Morgan fingerprint density at radius 1 is 1.25 bits per heavy atom. The van der Waals surface area contributed by atoms with E-state index in [2.05, 4.69) is 16.9 Å². The maximum atomic E-state index is 12.5.